The Labute approximate surface area is 210 Å². The van der Waals surface area contributed by atoms with E-state index in [0.717, 1.165) is 11.8 Å². The zero-order valence-corrected chi connectivity index (χ0v) is 19.8. The van der Waals surface area contributed by atoms with Gasteiger partial charge in [-0.2, -0.15) is 5.10 Å². The molecule has 1 atom stereocenters. The molecule has 0 aliphatic carbocycles. The smallest absolute Gasteiger partial charge is 0.280 e. The molecule has 36 heavy (non-hydrogen) atoms. The lowest BCUT2D eigenvalue weighted by Gasteiger charge is -2.12. The van der Waals surface area contributed by atoms with Gasteiger partial charge in [0.2, 0.25) is 11.8 Å². The molecule has 3 aromatic rings. The Morgan fingerprint density at radius 2 is 1.92 bits per heavy atom. The van der Waals surface area contributed by atoms with E-state index in [1.807, 2.05) is 18.2 Å². The van der Waals surface area contributed by atoms with Crippen LogP contribution in [-0.2, 0) is 9.59 Å². The molecule has 4 rings (SSSR count). The molecule has 0 radical (unpaired) electrons. The van der Waals surface area contributed by atoms with Crippen LogP contribution in [0.2, 0.25) is 0 Å². The SMILES string of the molecule is C=CCN1C(=O)C(CC(=O)Nc2ccccc2)S/C1=N\N=C\c1ccc(-c2ccccc2[N+](=O)[O-])o1. The van der Waals surface area contributed by atoms with Crippen LogP contribution in [0.1, 0.15) is 12.2 Å². The van der Waals surface area contributed by atoms with Crippen LogP contribution in [0.5, 0.6) is 0 Å². The van der Waals surface area contributed by atoms with Crippen molar-refractivity contribution in [1.29, 1.82) is 0 Å². The number of hydrogen-bond acceptors (Lipinski definition) is 8. The van der Waals surface area contributed by atoms with Crippen LogP contribution in [0.4, 0.5) is 11.4 Å². The van der Waals surface area contributed by atoms with Gasteiger partial charge in [-0.3, -0.25) is 24.6 Å². The first-order valence-electron chi connectivity index (χ1n) is 10.8. The summed E-state index contributed by atoms with van der Waals surface area (Å²) in [7, 11) is 0. The summed E-state index contributed by atoms with van der Waals surface area (Å²) in [6.07, 6.45) is 2.89. The van der Waals surface area contributed by atoms with E-state index in [0.29, 0.717) is 27.9 Å². The highest BCUT2D eigenvalue weighted by Crippen LogP contribution is 2.31. The highest BCUT2D eigenvalue weighted by Gasteiger charge is 2.38. The van der Waals surface area contributed by atoms with E-state index in [-0.39, 0.29) is 30.5 Å². The lowest BCUT2D eigenvalue weighted by atomic mass is 10.1. The number of nitrogens with zero attached hydrogens (tertiary/aromatic N) is 4. The third-order valence-corrected chi connectivity index (χ3v) is 6.25. The number of benzene rings is 2. The Balaban J connectivity index is 1.45. The summed E-state index contributed by atoms with van der Waals surface area (Å²) >= 11 is 1.15. The molecule has 1 aliphatic heterocycles. The first-order chi connectivity index (χ1) is 17.5. The summed E-state index contributed by atoms with van der Waals surface area (Å²) in [5, 5.41) is 21.9. The Bertz CT molecular complexity index is 1350. The molecule has 1 saturated heterocycles. The number of carbonyl (C=O) groups excluding carboxylic acids is 2. The quantitative estimate of drug-likeness (QED) is 0.195. The van der Waals surface area contributed by atoms with Crippen LogP contribution in [0.25, 0.3) is 11.3 Å². The number of nitrogens with one attached hydrogen (secondary N) is 1. The monoisotopic (exact) mass is 503 g/mol. The summed E-state index contributed by atoms with van der Waals surface area (Å²) in [5.41, 5.74) is 0.927. The standard InChI is InChI=1S/C25H21N5O5S/c1-2-14-29-24(32)22(15-23(31)27-17-8-4-3-5-9-17)36-25(29)28-26-16-18-12-13-21(35-18)19-10-6-7-11-20(19)30(33)34/h2-13,16,22H,1,14-15H2,(H,27,31)/b26-16+,28-25-. The number of anilines is 1. The summed E-state index contributed by atoms with van der Waals surface area (Å²) in [5.74, 6) is 0.109. The Kier molecular flexibility index (Phi) is 7.71. The fourth-order valence-electron chi connectivity index (χ4n) is 3.46. The van der Waals surface area contributed by atoms with Crippen LogP contribution < -0.4 is 5.32 Å². The van der Waals surface area contributed by atoms with E-state index in [1.165, 1.54) is 17.2 Å². The number of amides is 2. The van der Waals surface area contributed by atoms with Gasteiger partial charge in [-0.25, -0.2) is 0 Å². The largest absolute Gasteiger partial charge is 0.455 e. The Morgan fingerprint density at radius 3 is 2.67 bits per heavy atom. The fraction of sp³-hybridized carbons (Fsp3) is 0.120. The molecule has 1 aliphatic rings. The van der Waals surface area contributed by atoms with Crippen LogP contribution in [-0.4, -0.2) is 44.8 Å². The molecule has 182 valence electrons. The van der Waals surface area contributed by atoms with Crippen LogP contribution in [0.3, 0.4) is 0 Å². The Morgan fingerprint density at radius 1 is 1.17 bits per heavy atom. The van der Waals surface area contributed by atoms with Crippen molar-refractivity contribution in [2.24, 2.45) is 10.2 Å². The minimum atomic E-state index is -0.642. The van der Waals surface area contributed by atoms with Crippen molar-refractivity contribution in [2.45, 2.75) is 11.7 Å². The van der Waals surface area contributed by atoms with Gasteiger partial charge in [-0.1, -0.05) is 48.2 Å². The van der Waals surface area contributed by atoms with Crippen molar-refractivity contribution in [2.75, 3.05) is 11.9 Å². The third kappa shape index (κ3) is 5.76. The molecule has 1 unspecified atom stereocenters. The minimum Gasteiger partial charge on any atom is -0.455 e. The van der Waals surface area contributed by atoms with Gasteiger partial charge in [0.05, 0.1) is 16.7 Å². The molecule has 11 heteroatoms. The van der Waals surface area contributed by atoms with Gasteiger partial charge >= 0.3 is 0 Å². The summed E-state index contributed by atoms with van der Waals surface area (Å²) < 4.78 is 5.67. The van der Waals surface area contributed by atoms with Crippen molar-refractivity contribution in [3.05, 3.63) is 95.3 Å². The van der Waals surface area contributed by atoms with Gasteiger partial charge in [0.25, 0.3) is 5.69 Å². The molecule has 2 amide bonds. The van der Waals surface area contributed by atoms with E-state index >= 15 is 0 Å². The molecule has 1 N–H and O–H groups in total. The molecule has 0 bridgehead atoms. The molecule has 1 fully saturated rings. The topological polar surface area (TPSA) is 130 Å². The lowest BCUT2D eigenvalue weighted by molar-refractivity contribution is -0.384. The van der Waals surface area contributed by atoms with Gasteiger partial charge in [-0.15, -0.1) is 11.7 Å². The zero-order valence-electron chi connectivity index (χ0n) is 18.9. The number of amidine groups is 1. The molecule has 10 nitrogen and oxygen atoms in total. The molecular weight excluding hydrogens is 482 g/mol. The second-order valence-corrected chi connectivity index (χ2v) is 8.74. The first-order valence-corrected chi connectivity index (χ1v) is 11.7. The van der Waals surface area contributed by atoms with Crippen molar-refractivity contribution in [3.8, 4) is 11.3 Å². The summed E-state index contributed by atoms with van der Waals surface area (Å²) in [4.78, 5) is 37.5. The molecule has 2 heterocycles. The zero-order chi connectivity index (χ0) is 25.5. The van der Waals surface area contributed by atoms with E-state index in [4.69, 9.17) is 4.42 Å². The van der Waals surface area contributed by atoms with Crippen molar-refractivity contribution < 1.29 is 18.9 Å². The van der Waals surface area contributed by atoms with Crippen molar-refractivity contribution >= 4 is 46.3 Å². The minimum absolute atomic E-state index is 0.0217. The van der Waals surface area contributed by atoms with E-state index in [9.17, 15) is 19.7 Å². The maximum Gasteiger partial charge on any atom is 0.280 e. The van der Waals surface area contributed by atoms with E-state index in [1.54, 1.807) is 48.5 Å². The second-order valence-electron chi connectivity index (χ2n) is 7.57. The third-order valence-electron chi connectivity index (χ3n) is 5.08. The summed E-state index contributed by atoms with van der Waals surface area (Å²) in [6.45, 7) is 3.90. The maximum atomic E-state index is 12.8. The number of rotatable bonds is 9. The average Bonchev–Trinajstić information content (AvgIpc) is 3.45. The van der Waals surface area contributed by atoms with Gasteiger partial charge in [0.15, 0.2) is 5.17 Å². The number of nitro groups is 1. The van der Waals surface area contributed by atoms with Gasteiger partial charge in [0.1, 0.15) is 16.8 Å². The number of furan rings is 1. The van der Waals surface area contributed by atoms with E-state index in [2.05, 4.69) is 22.1 Å². The molecular formula is C25H21N5O5S. The lowest BCUT2D eigenvalue weighted by Crippen LogP contribution is -2.33. The molecule has 1 aromatic heterocycles. The average molecular weight is 504 g/mol. The predicted molar refractivity (Wildman–Crippen MR) is 139 cm³/mol. The van der Waals surface area contributed by atoms with Gasteiger partial charge < -0.3 is 9.73 Å². The fourth-order valence-corrected chi connectivity index (χ4v) is 4.56. The highest BCUT2D eigenvalue weighted by molar-refractivity contribution is 8.15. The number of hydrogen-bond donors (Lipinski definition) is 1. The molecule has 0 saturated carbocycles. The molecule has 0 spiro atoms. The summed E-state index contributed by atoms with van der Waals surface area (Å²) in [6, 6.07) is 18.5. The first kappa shape index (κ1) is 24.6. The van der Waals surface area contributed by atoms with Crippen molar-refractivity contribution in [3.63, 3.8) is 0 Å². The normalized spacial score (nSPS) is 16.6. The van der Waals surface area contributed by atoms with Crippen LogP contribution in [0, 0.1) is 10.1 Å². The number of para-hydroxylation sites is 2. The molecule has 2 aromatic carbocycles. The van der Waals surface area contributed by atoms with Crippen LogP contribution >= 0.6 is 11.8 Å². The highest BCUT2D eigenvalue weighted by atomic mass is 32.2. The van der Waals surface area contributed by atoms with E-state index < -0.39 is 10.2 Å². The Hall–Kier alpha value is -4.51. The number of thioether (sulfide) groups is 1. The van der Waals surface area contributed by atoms with Gasteiger partial charge in [0, 0.05) is 24.7 Å². The number of nitro benzene ring substituents is 1. The van der Waals surface area contributed by atoms with Crippen LogP contribution in [0.15, 0.2) is 94.0 Å². The van der Waals surface area contributed by atoms with Gasteiger partial charge in [-0.05, 0) is 30.3 Å². The second kappa shape index (κ2) is 11.3. The number of carbonyl (C=O) groups is 2. The predicted octanol–water partition coefficient (Wildman–Crippen LogP) is 4.70. The van der Waals surface area contributed by atoms with Crippen molar-refractivity contribution in [1.82, 2.24) is 4.90 Å². The maximum absolute atomic E-state index is 12.8.